The van der Waals surface area contributed by atoms with Crippen LogP contribution in [-0.2, 0) is 0 Å². The van der Waals surface area contributed by atoms with Gasteiger partial charge in [0.05, 0.1) is 0 Å². The zero-order chi connectivity index (χ0) is 10.8. The number of aliphatic hydroxyl groups is 1. The molecule has 0 radical (unpaired) electrons. The van der Waals surface area contributed by atoms with Gasteiger partial charge in [0.1, 0.15) is 0 Å². The van der Waals surface area contributed by atoms with E-state index in [-0.39, 0.29) is 12.0 Å². The van der Waals surface area contributed by atoms with Gasteiger partial charge in [0.15, 0.2) is 0 Å². The van der Waals surface area contributed by atoms with Crippen LogP contribution in [0.5, 0.6) is 0 Å². The molecule has 0 bridgehead atoms. The molecule has 80 valence electrons. The third-order valence-corrected chi connectivity index (χ3v) is 3.72. The molecule has 0 aromatic rings. The highest BCUT2D eigenvalue weighted by Gasteiger charge is 2.32. The third kappa shape index (κ3) is 2.27. The van der Waals surface area contributed by atoms with E-state index < -0.39 is 0 Å². The Kier molecular flexibility index (Phi) is 3.54. The largest absolute Gasteiger partial charge is 0.396 e. The van der Waals surface area contributed by atoms with Crippen molar-refractivity contribution in [3.8, 4) is 0 Å². The lowest BCUT2D eigenvalue weighted by Gasteiger charge is -2.38. The van der Waals surface area contributed by atoms with E-state index in [0.717, 1.165) is 19.3 Å². The summed E-state index contributed by atoms with van der Waals surface area (Å²) in [6.07, 6.45) is 5.46. The Morgan fingerprint density at radius 3 is 2.86 bits per heavy atom. The van der Waals surface area contributed by atoms with E-state index in [4.69, 9.17) is 5.11 Å². The first kappa shape index (κ1) is 11.5. The van der Waals surface area contributed by atoms with Crippen molar-refractivity contribution in [2.45, 2.75) is 40.0 Å². The zero-order valence-electron chi connectivity index (χ0n) is 9.64. The number of rotatable bonds is 3. The van der Waals surface area contributed by atoms with Crippen LogP contribution in [0.15, 0.2) is 23.8 Å². The maximum absolute atomic E-state index is 9.08. The fourth-order valence-corrected chi connectivity index (χ4v) is 2.27. The molecule has 1 rings (SSSR count). The Morgan fingerprint density at radius 2 is 2.36 bits per heavy atom. The van der Waals surface area contributed by atoms with Crippen molar-refractivity contribution in [3.05, 3.63) is 23.8 Å². The van der Waals surface area contributed by atoms with Gasteiger partial charge in [-0.15, -0.1) is 0 Å². The highest BCUT2D eigenvalue weighted by Crippen LogP contribution is 2.43. The molecule has 1 nitrogen and oxygen atoms in total. The molecule has 0 aliphatic heterocycles. The van der Waals surface area contributed by atoms with Crippen molar-refractivity contribution in [1.82, 2.24) is 0 Å². The summed E-state index contributed by atoms with van der Waals surface area (Å²) in [6, 6.07) is 0. The molecule has 14 heavy (non-hydrogen) atoms. The Morgan fingerprint density at radius 1 is 1.71 bits per heavy atom. The molecule has 2 atom stereocenters. The van der Waals surface area contributed by atoms with Gasteiger partial charge in [-0.05, 0) is 44.4 Å². The van der Waals surface area contributed by atoms with E-state index >= 15 is 0 Å². The van der Waals surface area contributed by atoms with Crippen LogP contribution in [0.4, 0.5) is 0 Å². The first-order valence-electron chi connectivity index (χ1n) is 5.43. The van der Waals surface area contributed by atoms with Crippen molar-refractivity contribution in [2.24, 2.45) is 11.3 Å². The van der Waals surface area contributed by atoms with Crippen molar-refractivity contribution in [3.63, 3.8) is 0 Å². The lowest BCUT2D eigenvalue weighted by Crippen LogP contribution is -2.27. The molecule has 0 aromatic carbocycles. The SMILES string of the molecule is C=C(C)[C@@H]1CC=C(C)[C@](C)(CCO)C1. The molecule has 1 heteroatoms. The van der Waals surface area contributed by atoms with Crippen LogP contribution in [-0.4, -0.2) is 11.7 Å². The minimum atomic E-state index is 0.191. The molecule has 0 amide bonds. The highest BCUT2D eigenvalue weighted by atomic mass is 16.3. The maximum Gasteiger partial charge on any atom is 0.0439 e. The first-order valence-corrected chi connectivity index (χ1v) is 5.43. The summed E-state index contributed by atoms with van der Waals surface area (Å²) in [7, 11) is 0. The minimum Gasteiger partial charge on any atom is -0.396 e. The Labute approximate surface area is 87.5 Å². The third-order valence-electron chi connectivity index (χ3n) is 3.72. The molecule has 0 spiro atoms. The monoisotopic (exact) mass is 194 g/mol. The Hall–Kier alpha value is -0.560. The van der Waals surface area contributed by atoms with E-state index in [1.807, 2.05) is 0 Å². The van der Waals surface area contributed by atoms with E-state index in [0.29, 0.717) is 5.92 Å². The smallest absolute Gasteiger partial charge is 0.0439 e. The normalized spacial score (nSPS) is 32.6. The second kappa shape index (κ2) is 4.31. The fourth-order valence-electron chi connectivity index (χ4n) is 2.27. The first-order chi connectivity index (χ1) is 6.49. The van der Waals surface area contributed by atoms with Crippen LogP contribution < -0.4 is 0 Å². The van der Waals surface area contributed by atoms with Gasteiger partial charge >= 0.3 is 0 Å². The van der Waals surface area contributed by atoms with Gasteiger partial charge in [-0.25, -0.2) is 0 Å². The van der Waals surface area contributed by atoms with Gasteiger partial charge in [0.2, 0.25) is 0 Å². The molecule has 0 saturated heterocycles. The molecule has 0 saturated carbocycles. The predicted molar refractivity (Wildman–Crippen MR) is 61.1 cm³/mol. The lowest BCUT2D eigenvalue weighted by molar-refractivity contribution is 0.192. The lowest BCUT2D eigenvalue weighted by atomic mass is 9.67. The van der Waals surface area contributed by atoms with Crippen molar-refractivity contribution < 1.29 is 5.11 Å². The highest BCUT2D eigenvalue weighted by molar-refractivity contribution is 5.18. The Balaban J connectivity index is 2.80. The zero-order valence-corrected chi connectivity index (χ0v) is 9.64. The van der Waals surface area contributed by atoms with Crippen LogP contribution in [0.1, 0.15) is 40.0 Å². The van der Waals surface area contributed by atoms with Crippen molar-refractivity contribution in [1.29, 1.82) is 0 Å². The molecule has 0 aromatic heterocycles. The van der Waals surface area contributed by atoms with E-state index in [1.54, 1.807) is 0 Å². The maximum atomic E-state index is 9.08. The summed E-state index contributed by atoms with van der Waals surface area (Å²) in [4.78, 5) is 0. The molecule has 1 aliphatic carbocycles. The summed E-state index contributed by atoms with van der Waals surface area (Å²) in [5.41, 5.74) is 2.90. The fraction of sp³-hybridized carbons (Fsp3) is 0.692. The topological polar surface area (TPSA) is 20.2 Å². The Bertz CT molecular complexity index is 252. The minimum absolute atomic E-state index is 0.191. The van der Waals surface area contributed by atoms with E-state index in [9.17, 15) is 0 Å². The standard InChI is InChI=1S/C13H22O/c1-10(2)12-6-5-11(3)13(4,9-12)7-8-14/h5,12,14H,1,6-9H2,2-4H3/t12-,13-/m1/s1. The van der Waals surface area contributed by atoms with Crippen LogP contribution >= 0.6 is 0 Å². The molecule has 0 fully saturated rings. The van der Waals surface area contributed by atoms with E-state index in [2.05, 4.69) is 33.4 Å². The molecule has 0 heterocycles. The number of hydrogen-bond donors (Lipinski definition) is 1. The van der Waals surface area contributed by atoms with Crippen molar-refractivity contribution in [2.75, 3.05) is 6.61 Å². The van der Waals surface area contributed by atoms with Gasteiger partial charge in [0, 0.05) is 6.61 Å². The molecule has 1 aliphatic rings. The molecular formula is C13H22O. The summed E-state index contributed by atoms with van der Waals surface area (Å²) in [6.45, 7) is 10.9. The average molecular weight is 194 g/mol. The summed E-state index contributed by atoms with van der Waals surface area (Å²) in [5.74, 6) is 0.607. The van der Waals surface area contributed by atoms with Crippen LogP contribution in [0.3, 0.4) is 0 Å². The number of allylic oxidation sites excluding steroid dienone is 3. The van der Waals surface area contributed by atoms with Crippen LogP contribution in [0.2, 0.25) is 0 Å². The van der Waals surface area contributed by atoms with Crippen molar-refractivity contribution >= 4 is 0 Å². The quantitative estimate of drug-likeness (QED) is 0.683. The summed E-state index contributed by atoms with van der Waals surface area (Å²) >= 11 is 0. The second-order valence-electron chi connectivity index (χ2n) is 4.90. The average Bonchev–Trinajstić information content (AvgIpc) is 2.10. The van der Waals surface area contributed by atoms with Gasteiger partial charge < -0.3 is 5.11 Å². The van der Waals surface area contributed by atoms with Gasteiger partial charge in [-0.3, -0.25) is 0 Å². The van der Waals surface area contributed by atoms with Crippen LogP contribution in [0, 0.1) is 11.3 Å². The second-order valence-corrected chi connectivity index (χ2v) is 4.90. The number of hydrogen-bond acceptors (Lipinski definition) is 1. The molecular weight excluding hydrogens is 172 g/mol. The summed E-state index contributed by atoms with van der Waals surface area (Å²) in [5, 5.41) is 9.08. The van der Waals surface area contributed by atoms with E-state index in [1.165, 1.54) is 11.1 Å². The predicted octanol–water partition coefficient (Wildman–Crippen LogP) is 3.31. The van der Waals surface area contributed by atoms with Gasteiger partial charge in [-0.1, -0.05) is 30.7 Å². The number of aliphatic hydroxyl groups excluding tert-OH is 1. The van der Waals surface area contributed by atoms with Gasteiger partial charge in [0.25, 0.3) is 0 Å². The molecule has 0 unspecified atom stereocenters. The van der Waals surface area contributed by atoms with Gasteiger partial charge in [-0.2, -0.15) is 0 Å². The molecule has 1 N–H and O–H groups in total. The van der Waals surface area contributed by atoms with Crippen LogP contribution in [0.25, 0.3) is 0 Å². The summed E-state index contributed by atoms with van der Waals surface area (Å²) < 4.78 is 0.